The molecule has 0 aliphatic carbocycles. The number of carboxylic acids is 1. The second-order valence-corrected chi connectivity index (χ2v) is 4.04. The number of rotatable bonds is 4. The van der Waals surface area contributed by atoms with E-state index in [1.807, 2.05) is 0 Å². The maximum Gasteiger partial charge on any atom is 0.347 e. The van der Waals surface area contributed by atoms with Gasteiger partial charge in [0.15, 0.2) is 0 Å². The fraction of sp³-hybridized carbons (Fsp3) is 0.286. The van der Waals surface area contributed by atoms with E-state index < -0.39 is 5.97 Å². The van der Waals surface area contributed by atoms with Gasteiger partial charge in [0.1, 0.15) is 4.88 Å². The number of hydrogen-bond acceptors (Lipinski definition) is 4. The van der Waals surface area contributed by atoms with Gasteiger partial charge in [-0.25, -0.2) is 4.79 Å². The molecule has 0 spiro atoms. The van der Waals surface area contributed by atoms with Gasteiger partial charge >= 0.3 is 5.97 Å². The van der Waals surface area contributed by atoms with Gasteiger partial charge in [-0.2, -0.15) is 0 Å². The van der Waals surface area contributed by atoms with Crippen molar-refractivity contribution in [1.29, 1.82) is 0 Å². The van der Waals surface area contributed by atoms with E-state index in [-0.39, 0.29) is 6.61 Å². The Balaban J connectivity index is 2.70. The van der Waals surface area contributed by atoms with Crippen molar-refractivity contribution in [2.24, 2.45) is 0 Å². The molecule has 0 aliphatic rings. The van der Waals surface area contributed by atoms with Gasteiger partial charge in [-0.1, -0.05) is 0 Å². The van der Waals surface area contributed by atoms with Crippen molar-refractivity contribution in [1.82, 2.24) is 0 Å². The topological polar surface area (TPSA) is 57.5 Å². The van der Waals surface area contributed by atoms with Crippen LogP contribution in [0.1, 0.15) is 9.67 Å². The molecular formula is C7H8O3S2. The van der Waals surface area contributed by atoms with Gasteiger partial charge in [-0.3, -0.25) is 0 Å². The Morgan fingerprint density at radius 3 is 3.00 bits per heavy atom. The number of aromatic carboxylic acids is 1. The molecule has 0 atom stereocenters. The van der Waals surface area contributed by atoms with Crippen LogP contribution >= 0.6 is 23.1 Å². The normalized spacial score (nSPS) is 10.1. The summed E-state index contributed by atoms with van der Waals surface area (Å²) in [5, 5.41) is 19.0. The van der Waals surface area contributed by atoms with Gasteiger partial charge in [0, 0.05) is 10.6 Å². The van der Waals surface area contributed by atoms with Crippen molar-refractivity contribution in [3.63, 3.8) is 0 Å². The summed E-state index contributed by atoms with van der Waals surface area (Å²) in [5.41, 5.74) is 0. The number of carbonyl (C=O) groups is 1. The summed E-state index contributed by atoms with van der Waals surface area (Å²) >= 11 is 2.57. The van der Waals surface area contributed by atoms with Gasteiger partial charge < -0.3 is 10.2 Å². The smallest absolute Gasteiger partial charge is 0.347 e. The van der Waals surface area contributed by atoms with Crippen LogP contribution in [0.5, 0.6) is 0 Å². The van der Waals surface area contributed by atoms with E-state index in [4.69, 9.17) is 10.2 Å². The second kappa shape index (κ2) is 4.49. The Morgan fingerprint density at radius 2 is 2.42 bits per heavy atom. The van der Waals surface area contributed by atoms with Crippen molar-refractivity contribution in [2.45, 2.75) is 4.90 Å². The average Bonchev–Trinajstić information content (AvgIpc) is 2.48. The molecule has 0 aliphatic heterocycles. The van der Waals surface area contributed by atoms with E-state index in [0.29, 0.717) is 10.6 Å². The molecule has 0 aromatic carbocycles. The van der Waals surface area contributed by atoms with Crippen molar-refractivity contribution < 1.29 is 15.0 Å². The molecule has 0 radical (unpaired) electrons. The van der Waals surface area contributed by atoms with Crippen LogP contribution in [0.25, 0.3) is 0 Å². The summed E-state index contributed by atoms with van der Waals surface area (Å²) in [5.74, 6) is -0.359. The number of thiophene rings is 1. The molecule has 0 amide bonds. The molecule has 0 saturated heterocycles. The summed E-state index contributed by atoms with van der Waals surface area (Å²) in [4.78, 5) is 11.7. The maximum absolute atomic E-state index is 10.6. The molecule has 5 heteroatoms. The van der Waals surface area contributed by atoms with Gasteiger partial charge in [-0.15, -0.1) is 23.1 Å². The molecule has 12 heavy (non-hydrogen) atoms. The highest BCUT2D eigenvalue weighted by Crippen LogP contribution is 2.26. The van der Waals surface area contributed by atoms with Crippen LogP contribution in [0.15, 0.2) is 16.3 Å². The molecule has 0 fully saturated rings. The standard InChI is InChI=1S/C7H8O3S2/c8-2-4-11-5-1-3-12-6(5)7(9)10/h1,3,8H,2,4H2,(H,9,10). The van der Waals surface area contributed by atoms with Gasteiger partial charge in [0.25, 0.3) is 0 Å². The molecule has 3 nitrogen and oxygen atoms in total. The Bertz CT molecular complexity index is 269. The number of aliphatic hydroxyl groups excluding tert-OH is 1. The van der Waals surface area contributed by atoms with Crippen molar-refractivity contribution in [3.05, 3.63) is 16.3 Å². The van der Waals surface area contributed by atoms with E-state index in [9.17, 15) is 4.79 Å². The van der Waals surface area contributed by atoms with Gasteiger partial charge in [0.05, 0.1) is 6.61 Å². The summed E-state index contributed by atoms with van der Waals surface area (Å²) in [6, 6.07) is 1.76. The highest BCUT2D eigenvalue weighted by Gasteiger charge is 2.10. The van der Waals surface area contributed by atoms with E-state index in [0.717, 1.165) is 4.90 Å². The molecule has 0 unspecified atom stereocenters. The lowest BCUT2D eigenvalue weighted by molar-refractivity contribution is 0.0699. The highest BCUT2D eigenvalue weighted by atomic mass is 32.2. The van der Waals surface area contributed by atoms with Crippen LogP contribution in [0.3, 0.4) is 0 Å². The van der Waals surface area contributed by atoms with Crippen LogP contribution < -0.4 is 0 Å². The molecule has 1 aromatic heterocycles. The molecule has 1 heterocycles. The van der Waals surface area contributed by atoms with E-state index in [2.05, 4.69) is 0 Å². The molecule has 2 N–H and O–H groups in total. The van der Waals surface area contributed by atoms with Crippen LogP contribution in [-0.2, 0) is 0 Å². The van der Waals surface area contributed by atoms with Gasteiger partial charge in [0.2, 0.25) is 0 Å². The average molecular weight is 204 g/mol. The molecule has 66 valence electrons. The van der Waals surface area contributed by atoms with Crippen LogP contribution in [-0.4, -0.2) is 28.5 Å². The second-order valence-electron chi connectivity index (χ2n) is 1.99. The fourth-order valence-corrected chi connectivity index (χ4v) is 2.45. The molecule has 0 saturated carbocycles. The van der Waals surface area contributed by atoms with Crippen molar-refractivity contribution in [3.8, 4) is 0 Å². The van der Waals surface area contributed by atoms with Gasteiger partial charge in [-0.05, 0) is 11.4 Å². The Morgan fingerprint density at radius 1 is 1.67 bits per heavy atom. The molecule has 1 rings (SSSR count). The zero-order valence-electron chi connectivity index (χ0n) is 6.19. The van der Waals surface area contributed by atoms with Crippen LogP contribution in [0, 0.1) is 0 Å². The first-order valence-electron chi connectivity index (χ1n) is 3.30. The SMILES string of the molecule is O=C(O)c1sccc1SCCO. The van der Waals surface area contributed by atoms with Crippen molar-refractivity contribution >= 4 is 29.1 Å². The highest BCUT2D eigenvalue weighted by molar-refractivity contribution is 7.99. The minimum Gasteiger partial charge on any atom is -0.477 e. The number of thioether (sulfide) groups is 1. The minimum atomic E-state index is -0.898. The zero-order chi connectivity index (χ0) is 8.97. The minimum absolute atomic E-state index is 0.0690. The predicted molar refractivity (Wildman–Crippen MR) is 49.1 cm³/mol. The van der Waals surface area contributed by atoms with Crippen molar-refractivity contribution in [2.75, 3.05) is 12.4 Å². The third-order valence-corrected chi connectivity index (χ3v) is 3.24. The summed E-state index contributed by atoms with van der Waals surface area (Å²) in [6.45, 7) is 0.0690. The first-order chi connectivity index (χ1) is 5.75. The van der Waals surface area contributed by atoms with Crippen LogP contribution in [0.4, 0.5) is 0 Å². The lowest BCUT2D eigenvalue weighted by Gasteiger charge is -1.96. The predicted octanol–water partition coefficient (Wildman–Crippen LogP) is 1.53. The first-order valence-corrected chi connectivity index (χ1v) is 5.16. The number of carboxylic acid groups (broad SMARTS) is 1. The first kappa shape index (κ1) is 9.57. The maximum atomic E-state index is 10.6. The Hall–Kier alpha value is -0.520. The van der Waals surface area contributed by atoms with Crippen LogP contribution in [0.2, 0.25) is 0 Å². The van der Waals surface area contributed by atoms with E-state index in [1.54, 1.807) is 11.4 Å². The lowest BCUT2D eigenvalue weighted by atomic mass is 10.5. The zero-order valence-corrected chi connectivity index (χ0v) is 7.82. The van der Waals surface area contributed by atoms with E-state index in [1.165, 1.54) is 23.1 Å². The summed E-state index contributed by atoms with van der Waals surface area (Å²) in [7, 11) is 0. The largest absolute Gasteiger partial charge is 0.477 e. The molecule has 1 aromatic rings. The lowest BCUT2D eigenvalue weighted by Crippen LogP contribution is -1.94. The van der Waals surface area contributed by atoms with E-state index >= 15 is 0 Å². The fourth-order valence-electron chi connectivity index (χ4n) is 0.723. The number of hydrogen-bond donors (Lipinski definition) is 2. The summed E-state index contributed by atoms with van der Waals surface area (Å²) in [6.07, 6.45) is 0. The summed E-state index contributed by atoms with van der Waals surface area (Å²) < 4.78 is 0. The number of aliphatic hydroxyl groups is 1. The third kappa shape index (κ3) is 2.23. The molecule has 0 bridgehead atoms. The quantitative estimate of drug-likeness (QED) is 0.730. The third-order valence-electron chi connectivity index (χ3n) is 1.17. The monoisotopic (exact) mass is 204 g/mol. The Kier molecular flexibility index (Phi) is 3.58. The molecular weight excluding hydrogens is 196 g/mol. The Labute approximate surface area is 78.0 Å².